The highest BCUT2D eigenvalue weighted by Gasteiger charge is 2.11. The highest BCUT2D eigenvalue weighted by atomic mass is 16.3. The molecule has 0 aromatic carbocycles. The monoisotopic (exact) mass is 337 g/mol. The van der Waals surface area contributed by atoms with Crippen LogP contribution in [0.4, 0.5) is 0 Å². The summed E-state index contributed by atoms with van der Waals surface area (Å²) >= 11 is 0. The number of aryl methyl sites for hydroxylation is 1. The van der Waals surface area contributed by atoms with Crippen molar-refractivity contribution in [1.82, 2.24) is 24.5 Å². The Balaban J connectivity index is 1.43. The van der Waals surface area contributed by atoms with Crippen molar-refractivity contribution in [3.05, 3.63) is 65.2 Å². The Bertz CT molecular complexity index is 1050. The van der Waals surface area contributed by atoms with Gasteiger partial charge in [-0.1, -0.05) is 6.07 Å². The number of pyridine rings is 1. The first-order valence-corrected chi connectivity index (χ1v) is 8.29. The van der Waals surface area contributed by atoms with Crippen LogP contribution in [0.3, 0.4) is 0 Å². The molecule has 0 spiro atoms. The Kier molecular flexibility index (Phi) is 4.07. The predicted molar refractivity (Wildman–Crippen MR) is 94.4 cm³/mol. The molecule has 4 aromatic heterocycles. The molecule has 7 nitrogen and oxygen atoms in total. The molecule has 0 radical (unpaired) electrons. The molecule has 0 amide bonds. The van der Waals surface area contributed by atoms with Gasteiger partial charge < -0.3 is 9.73 Å². The van der Waals surface area contributed by atoms with Crippen LogP contribution in [0.15, 0.2) is 58.5 Å². The maximum Gasteiger partial charge on any atom is 0.291 e. The molecule has 0 aliphatic rings. The van der Waals surface area contributed by atoms with Crippen molar-refractivity contribution in [3.8, 4) is 0 Å². The fourth-order valence-corrected chi connectivity index (χ4v) is 2.90. The lowest BCUT2D eigenvalue weighted by Crippen LogP contribution is -2.30. The van der Waals surface area contributed by atoms with Crippen LogP contribution in [0.5, 0.6) is 0 Å². The first-order chi connectivity index (χ1) is 12.2. The van der Waals surface area contributed by atoms with E-state index < -0.39 is 0 Å². The van der Waals surface area contributed by atoms with E-state index in [1.165, 1.54) is 4.68 Å². The molecule has 0 bridgehead atoms. The first kappa shape index (κ1) is 15.6. The van der Waals surface area contributed by atoms with E-state index in [9.17, 15) is 4.79 Å². The van der Waals surface area contributed by atoms with E-state index in [2.05, 4.69) is 22.3 Å². The highest BCUT2D eigenvalue weighted by Crippen LogP contribution is 2.18. The average Bonchev–Trinajstić information content (AvgIpc) is 3.22. The molecule has 1 unspecified atom stereocenters. The molecule has 4 rings (SSSR count). The van der Waals surface area contributed by atoms with Crippen LogP contribution in [0.2, 0.25) is 0 Å². The van der Waals surface area contributed by atoms with E-state index in [0.717, 1.165) is 24.0 Å². The van der Waals surface area contributed by atoms with E-state index in [4.69, 9.17) is 4.42 Å². The second-order valence-electron chi connectivity index (χ2n) is 6.16. The summed E-state index contributed by atoms with van der Waals surface area (Å²) in [6, 6.07) is 7.81. The number of hydrogen-bond donors (Lipinski definition) is 1. The van der Waals surface area contributed by atoms with E-state index in [0.29, 0.717) is 17.6 Å². The first-order valence-electron chi connectivity index (χ1n) is 8.29. The Labute approximate surface area is 143 Å². The van der Waals surface area contributed by atoms with Gasteiger partial charge in [-0.2, -0.15) is 5.10 Å². The third-order valence-electron chi connectivity index (χ3n) is 4.37. The van der Waals surface area contributed by atoms with Crippen LogP contribution >= 0.6 is 0 Å². The SMILES string of the molecule is CC(CCn1ncn2c(cc3occc32)c1=O)NCc1cccnc1. The van der Waals surface area contributed by atoms with Crippen LogP contribution in [-0.4, -0.2) is 25.2 Å². The second kappa shape index (κ2) is 6.52. The standard InChI is InChI=1S/C18H19N5O2/c1-13(20-11-14-3-2-6-19-10-14)4-7-23-18(24)16-9-17-15(5-8-25-17)22(16)12-21-23/h2-3,5-6,8-10,12-13,20H,4,7,11H2,1H3. The largest absolute Gasteiger partial charge is 0.463 e. The number of nitrogens with zero attached hydrogens (tertiary/aromatic N) is 4. The van der Waals surface area contributed by atoms with Gasteiger partial charge in [0.05, 0.1) is 11.8 Å². The van der Waals surface area contributed by atoms with Gasteiger partial charge in [0.2, 0.25) is 0 Å². The van der Waals surface area contributed by atoms with Gasteiger partial charge in [-0.25, -0.2) is 4.68 Å². The van der Waals surface area contributed by atoms with Gasteiger partial charge >= 0.3 is 0 Å². The lowest BCUT2D eigenvalue weighted by atomic mass is 10.2. The normalized spacial score (nSPS) is 12.8. The minimum absolute atomic E-state index is 0.103. The fourth-order valence-electron chi connectivity index (χ4n) is 2.90. The van der Waals surface area contributed by atoms with E-state index in [1.807, 2.05) is 24.4 Å². The van der Waals surface area contributed by atoms with Gasteiger partial charge in [0.15, 0.2) is 5.58 Å². The molecule has 0 aliphatic carbocycles. The third-order valence-corrected chi connectivity index (χ3v) is 4.37. The van der Waals surface area contributed by atoms with Crippen LogP contribution < -0.4 is 10.9 Å². The van der Waals surface area contributed by atoms with Crippen molar-refractivity contribution in [2.45, 2.75) is 32.5 Å². The summed E-state index contributed by atoms with van der Waals surface area (Å²) in [6.45, 7) is 3.42. The van der Waals surface area contributed by atoms with Crippen LogP contribution in [-0.2, 0) is 13.1 Å². The zero-order chi connectivity index (χ0) is 17.2. The third kappa shape index (κ3) is 3.06. The molecule has 0 saturated carbocycles. The summed E-state index contributed by atoms with van der Waals surface area (Å²) in [4.78, 5) is 16.7. The Morgan fingerprint density at radius 1 is 1.32 bits per heavy atom. The van der Waals surface area contributed by atoms with Gasteiger partial charge in [-0.15, -0.1) is 0 Å². The molecular formula is C18H19N5O2. The van der Waals surface area contributed by atoms with Crippen LogP contribution in [0, 0.1) is 0 Å². The highest BCUT2D eigenvalue weighted by molar-refractivity contribution is 5.81. The maximum absolute atomic E-state index is 12.6. The minimum atomic E-state index is -0.103. The average molecular weight is 337 g/mol. The van der Waals surface area contributed by atoms with Crippen molar-refractivity contribution >= 4 is 16.6 Å². The fraction of sp³-hybridized carbons (Fsp3) is 0.278. The number of furan rings is 1. The van der Waals surface area contributed by atoms with E-state index in [-0.39, 0.29) is 11.6 Å². The van der Waals surface area contributed by atoms with Gasteiger partial charge in [0.1, 0.15) is 11.8 Å². The van der Waals surface area contributed by atoms with Crippen molar-refractivity contribution in [2.24, 2.45) is 0 Å². The topological polar surface area (TPSA) is 77.4 Å². The van der Waals surface area contributed by atoms with Crippen molar-refractivity contribution in [1.29, 1.82) is 0 Å². The quantitative estimate of drug-likeness (QED) is 0.584. The van der Waals surface area contributed by atoms with E-state index in [1.54, 1.807) is 29.3 Å². The number of nitrogens with one attached hydrogen (secondary N) is 1. The number of aromatic nitrogens is 4. The lowest BCUT2D eigenvalue weighted by Gasteiger charge is -2.14. The van der Waals surface area contributed by atoms with Crippen molar-refractivity contribution < 1.29 is 4.42 Å². The predicted octanol–water partition coefficient (Wildman–Crippen LogP) is 2.21. The second-order valence-corrected chi connectivity index (χ2v) is 6.16. The molecule has 128 valence electrons. The molecule has 4 heterocycles. The van der Waals surface area contributed by atoms with Gasteiger partial charge in [-0.05, 0) is 25.0 Å². The van der Waals surface area contributed by atoms with Crippen LogP contribution in [0.1, 0.15) is 18.9 Å². The number of rotatable bonds is 6. The molecule has 7 heteroatoms. The van der Waals surface area contributed by atoms with Crippen molar-refractivity contribution in [3.63, 3.8) is 0 Å². The zero-order valence-electron chi connectivity index (χ0n) is 13.9. The molecule has 1 atom stereocenters. The molecule has 4 aromatic rings. The Hall–Kier alpha value is -2.93. The minimum Gasteiger partial charge on any atom is -0.463 e. The number of fused-ring (bicyclic) bond motifs is 3. The maximum atomic E-state index is 12.6. The van der Waals surface area contributed by atoms with Gasteiger partial charge in [-0.3, -0.25) is 14.2 Å². The molecule has 25 heavy (non-hydrogen) atoms. The number of hydrogen-bond acceptors (Lipinski definition) is 5. The Morgan fingerprint density at radius 2 is 2.24 bits per heavy atom. The lowest BCUT2D eigenvalue weighted by molar-refractivity contribution is 0.446. The molecular weight excluding hydrogens is 318 g/mol. The Morgan fingerprint density at radius 3 is 3.08 bits per heavy atom. The summed E-state index contributed by atoms with van der Waals surface area (Å²) in [5, 5.41) is 7.73. The van der Waals surface area contributed by atoms with E-state index >= 15 is 0 Å². The van der Waals surface area contributed by atoms with Crippen molar-refractivity contribution in [2.75, 3.05) is 0 Å². The summed E-state index contributed by atoms with van der Waals surface area (Å²) in [5.41, 5.74) is 3.18. The van der Waals surface area contributed by atoms with Gasteiger partial charge in [0.25, 0.3) is 5.56 Å². The molecule has 0 fully saturated rings. The molecule has 0 aliphatic heterocycles. The van der Waals surface area contributed by atoms with Crippen LogP contribution in [0.25, 0.3) is 16.6 Å². The summed E-state index contributed by atoms with van der Waals surface area (Å²) in [7, 11) is 0. The zero-order valence-corrected chi connectivity index (χ0v) is 13.9. The molecule has 1 N–H and O–H groups in total. The summed E-state index contributed by atoms with van der Waals surface area (Å²) in [5.74, 6) is 0. The smallest absolute Gasteiger partial charge is 0.291 e. The summed E-state index contributed by atoms with van der Waals surface area (Å²) < 4.78 is 8.63. The molecule has 0 saturated heterocycles. The van der Waals surface area contributed by atoms with Gasteiger partial charge in [0, 0.05) is 43.7 Å². The summed E-state index contributed by atoms with van der Waals surface area (Å²) in [6.07, 6.45) is 7.70.